The van der Waals surface area contributed by atoms with Crippen molar-refractivity contribution < 1.29 is 29.1 Å². The van der Waals surface area contributed by atoms with E-state index >= 15 is 0 Å². The molecule has 0 saturated carbocycles. The Labute approximate surface area is 190 Å². The third kappa shape index (κ3) is 9.70. The predicted octanol–water partition coefficient (Wildman–Crippen LogP) is 1.90. The lowest BCUT2D eigenvalue weighted by Gasteiger charge is -2.12. The zero-order chi connectivity index (χ0) is 24.8. The molecule has 1 saturated heterocycles. The number of hydrogen-bond donors (Lipinski definition) is 2. The van der Waals surface area contributed by atoms with Crippen LogP contribution in [0.1, 0.15) is 56.9 Å². The second-order valence-corrected chi connectivity index (χ2v) is 7.22. The summed E-state index contributed by atoms with van der Waals surface area (Å²) in [6, 6.07) is 3.57. The van der Waals surface area contributed by atoms with Crippen LogP contribution in [-0.4, -0.2) is 45.8 Å². The van der Waals surface area contributed by atoms with Gasteiger partial charge in [-0.3, -0.25) is 29.8 Å². The van der Waals surface area contributed by atoms with Gasteiger partial charge in [-0.1, -0.05) is 12.8 Å². The molecule has 0 unspecified atom stereocenters. The molecule has 13 heteroatoms. The number of hydroxylamine groups is 2. The Morgan fingerprint density at radius 3 is 2.06 bits per heavy atom. The summed E-state index contributed by atoms with van der Waals surface area (Å²) >= 11 is 0. The fourth-order valence-electron chi connectivity index (χ4n) is 2.91. The average Bonchev–Trinajstić information content (AvgIpc) is 3.09. The predicted molar refractivity (Wildman–Crippen MR) is 116 cm³/mol. The van der Waals surface area contributed by atoms with Crippen LogP contribution in [0.25, 0.3) is 0 Å². The first-order valence-corrected chi connectivity index (χ1v) is 10.6. The SMILES string of the molecule is NCCCN.O=C(CCCCCCc1ccc([N+](=O)[O-])cc1[N+](=O)[O-])ON1C(=O)CCC1=O. The van der Waals surface area contributed by atoms with Gasteiger partial charge in [-0.05, 0) is 44.8 Å². The number of amides is 2. The molecule has 4 N–H and O–H groups in total. The summed E-state index contributed by atoms with van der Waals surface area (Å²) < 4.78 is 0. The van der Waals surface area contributed by atoms with E-state index in [0.717, 1.165) is 25.6 Å². The molecule has 1 aliphatic heterocycles. The molecule has 1 aromatic rings. The second kappa shape index (κ2) is 14.6. The molecule has 2 amide bonds. The minimum absolute atomic E-state index is 0.0426. The summed E-state index contributed by atoms with van der Waals surface area (Å²) in [7, 11) is 0. The molecule has 0 spiro atoms. The van der Waals surface area contributed by atoms with Crippen LogP contribution in [0.2, 0.25) is 0 Å². The van der Waals surface area contributed by atoms with Crippen molar-refractivity contribution in [2.24, 2.45) is 11.5 Å². The Balaban J connectivity index is 0.000000981. The van der Waals surface area contributed by atoms with Crippen LogP contribution in [0, 0.1) is 20.2 Å². The van der Waals surface area contributed by atoms with Crippen LogP contribution in [0.5, 0.6) is 0 Å². The number of nitrogens with zero attached hydrogens (tertiary/aromatic N) is 3. The standard InChI is InChI=1S/C17H19N3O8.C3H10N2/c21-15-9-10-16(22)18(15)28-17(23)6-4-2-1-3-5-12-7-8-13(19(24)25)11-14(12)20(26)27;4-2-1-3-5/h7-8,11H,1-6,9-10H2;1-5H2. The van der Waals surface area contributed by atoms with Crippen molar-refractivity contribution in [3.63, 3.8) is 0 Å². The molecule has 0 aliphatic carbocycles. The summed E-state index contributed by atoms with van der Waals surface area (Å²) in [5.41, 5.74) is 9.93. The number of carbonyl (C=O) groups is 3. The Bertz CT molecular complexity index is 843. The molecule has 1 fully saturated rings. The van der Waals surface area contributed by atoms with E-state index in [4.69, 9.17) is 16.3 Å². The normalized spacial score (nSPS) is 12.8. The van der Waals surface area contributed by atoms with Crippen molar-refractivity contribution in [2.75, 3.05) is 13.1 Å². The topological polar surface area (TPSA) is 202 Å². The summed E-state index contributed by atoms with van der Waals surface area (Å²) in [6.45, 7) is 1.44. The Kier molecular flexibility index (Phi) is 12.2. The number of nitro groups is 2. The molecule has 1 aromatic carbocycles. The van der Waals surface area contributed by atoms with Crippen molar-refractivity contribution in [2.45, 2.75) is 57.8 Å². The van der Waals surface area contributed by atoms with Gasteiger partial charge in [-0.2, -0.15) is 0 Å². The first-order chi connectivity index (χ1) is 15.7. The Morgan fingerprint density at radius 1 is 0.939 bits per heavy atom. The highest BCUT2D eigenvalue weighted by molar-refractivity contribution is 6.01. The van der Waals surface area contributed by atoms with Crippen molar-refractivity contribution >= 4 is 29.2 Å². The zero-order valence-electron chi connectivity index (χ0n) is 18.3. The van der Waals surface area contributed by atoms with Crippen LogP contribution < -0.4 is 11.5 Å². The Morgan fingerprint density at radius 2 is 1.55 bits per heavy atom. The fourth-order valence-corrected chi connectivity index (χ4v) is 2.91. The van der Waals surface area contributed by atoms with Gasteiger partial charge in [-0.15, -0.1) is 5.06 Å². The van der Waals surface area contributed by atoms with E-state index in [2.05, 4.69) is 0 Å². The quantitative estimate of drug-likeness (QED) is 0.198. The van der Waals surface area contributed by atoms with Gasteiger partial charge in [-0.25, -0.2) is 4.79 Å². The number of unbranched alkanes of at least 4 members (excludes halogenated alkanes) is 3. The molecular weight excluding hydrogens is 438 g/mol. The second-order valence-electron chi connectivity index (χ2n) is 7.22. The maximum atomic E-state index is 11.7. The van der Waals surface area contributed by atoms with E-state index in [0.29, 0.717) is 42.7 Å². The van der Waals surface area contributed by atoms with Gasteiger partial charge in [0.1, 0.15) is 0 Å². The average molecular weight is 467 g/mol. The smallest absolute Gasteiger partial charge is 0.330 e. The highest BCUT2D eigenvalue weighted by atomic mass is 16.7. The third-order valence-electron chi connectivity index (χ3n) is 4.66. The summed E-state index contributed by atoms with van der Waals surface area (Å²) in [5.74, 6) is -1.71. The highest BCUT2D eigenvalue weighted by Crippen LogP contribution is 2.26. The molecule has 182 valence electrons. The van der Waals surface area contributed by atoms with E-state index in [9.17, 15) is 34.6 Å². The van der Waals surface area contributed by atoms with Gasteiger partial charge in [0.2, 0.25) is 0 Å². The van der Waals surface area contributed by atoms with Gasteiger partial charge in [0, 0.05) is 30.9 Å². The first-order valence-electron chi connectivity index (χ1n) is 10.6. The van der Waals surface area contributed by atoms with Gasteiger partial charge in [0.25, 0.3) is 23.2 Å². The van der Waals surface area contributed by atoms with Crippen LogP contribution in [0.15, 0.2) is 18.2 Å². The van der Waals surface area contributed by atoms with E-state index in [1.54, 1.807) is 0 Å². The zero-order valence-corrected chi connectivity index (χ0v) is 18.3. The van der Waals surface area contributed by atoms with Gasteiger partial charge >= 0.3 is 5.97 Å². The fraction of sp³-hybridized carbons (Fsp3) is 0.550. The van der Waals surface area contributed by atoms with Crippen molar-refractivity contribution in [1.29, 1.82) is 0 Å². The van der Waals surface area contributed by atoms with E-state index in [1.165, 1.54) is 12.1 Å². The molecule has 33 heavy (non-hydrogen) atoms. The monoisotopic (exact) mass is 467 g/mol. The number of hydrogen-bond acceptors (Lipinski definition) is 10. The molecule has 0 aromatic heterocycles. The number of aryl methyl sites for hydroxylation is 1. The van der Waals surface area contributed by atoms with Crippen LogP contribution >= 0.6 is 0 Å². The number of rotatable bonds is 12. The van der Waals surface area contributed by atoms with Crippen LogP contribution in [-0.2, 0) is 25.6 Å². The number of imide groups is 1. The number of non-ortho nitro benzene ring substituents is 1. The molecular formula is C20H29N5O8. The van der Waals surface area contributed by atoms with Crippen LogP contribution in [0.4, 0.5) is 11.4 Å². The molecule has 13 nitrogen and oxygen atoms in total. The lowest BCUT2D eigenvalue weighted by Crippen LogP contribution is -2.31. The maximum absolute atomic E-state index is 11.7. The minimum Gasteiger partial charge on any atom is -0.330 e. The van der Waals surface area contributed by atoms with Gasteiger partial charge in [0.05, 0.1) is 15.9 Å². The van der Waals surface area contributed by atoms with E-state index < -0.39 is 27.6 Å². The van der Waals surface area contributed by atoms with Crippen molar-refractivity contribution in [3.8, 4) is 0 Å². The van der Waals surface area contributed by atoms with Crippen molar-refractivity contribution in [3.05, 3.63) is 44.0 Å². The lowest BCUT2D eigenvalue weighted by atomic mass is 10.0. The van der Waals surface area contributed by atoms with E-state index in [-0.39, 0.29) is 30.6 Å². The molecule has 0 atom stereocenters. The highest BCUT2D eigenvalue weighted by Gasteiger charge is 2.32. The number of nitrogens with two attached hydrogens (primary N) is 2. The number of carbonyl (C=O) groups excluding carboxylic acids is 3. The number of nitro benzene ring substituents is 2. The maximum Gasteiger partial charge on any atom is 0.333 e. The molecule has 0 bridgehead atoms. The minimum atomic E-state index is -0.681. The molecule has 0 radical (unpaired) electrons. The van der Waals surface area contributed by atoms with Crippen LogP contribution in [0.3, 0.4) is 0 Å². The van der Waals surface area contributed by atoms with Gasteiger partial charge in [0.15, 0.2) is 0 Å². The molecule has 1 heterocycles. The Hall–Kier alpha value is -3.45. The number of benzene rings is 1. The molecule has 1 aliphatic rings. The first kappa shape index (κ1) is 27.6. The summed E-state index contributed by atoms with van der Waals surface area (Å²) in [5, 5.41) is 22.3. The lowest BCUT2D eigenvalue weighted by molar-refractivity contribution is -0.394. The van der Waals surface area contributed by atoms with Crippen molar-refractivity contribution in [1.82, 2.24) is 5.06 Å². The third-order valence-corrected chi connectivity index (χ3v) is 4.66. The summed E-state index contributed by atoms with van der Waals surface area (Å²) in [4.78, 5) is 59.6. The van der Waals surface area contributed by atoms with E-state index in [1.807, 2.05) is 0 Å². The summed E-state index contributed by atoms with van der Waals surface area (Å²) in [6.07, 6.45) is 3.89. The molecule has 2 rings (SSSR count). The van der Waals surface area contributed by atoms with Gasteiger partial charge < -0.3 is 16.3 Å². The largest absolute Gasteiger partial charge is 0.333 e.